The quantitative estimate of drug-likeness (QED) is 0.731. The lowest BCUT2D eigenvalue weighted by Crippen LogP contribution is -2.19. The molecule has 7 heteroatoms. The predicted octanol–water partition coefficient (Wildman–Crippen LogP) is 3.15. The second-order valence-electron chi connectivity index (χ2n) is 5.71. The van der Waals surface area contributed by atoms with Crippen LogP contribution in [-0.4, -0.2) is 25.5 Å². The van der Waals surface area contributed by atoms with E-state index in [0.717, 1.165) is 15.7 Å². The number of hydrogen-bond acceptors (Lipinski definition) is 3. The van der Waals surface area contributed by atoms with E-state index in [4.69, 9.17) is 0 Å². The molecule has 0 bridgehead atoms. The molecule has 3 aromatic rings. The summed E-state index contributed by atoms with van der Waals surface area (Å²) in [4.78, 5) is 12.1. The van der Waals surface area contributed by atoms with Gasteiger partial charge in [-0.15, -0.1) is 0 Å². The molecule has 0 unspecified atom stereocenters. The first-order valence-corrected chi connectivity index (χ1v) is 8.37. The number of benzene rings is 1. The molecule has 0 saturated heterocycles. The van der Waals surface area contributed by atoms with Crippen LogP contribution in [0.1, 0.15) is 16.8 Å². The van der Waals surface area contributed by atoms with Crippen LogP contribution in [0.3, 0.4) is 0 Å². The summed E-state index contributed by atoms with van der Waals surface area (Å²) in [5.74, 6) is 0.343. The van der Waals surface area contributed by atoms with Crippen molar-refractivity contribution in [1.82, 2.24) is 19.6 Å². The van der Waals surface area contributed by atoms with Crippen LogP contribution in [0, 0.1) is 13.8 Å². The van der Waals surface area contributed by atoms with Gasteiger partial charge < -0.3 is 5.32 Å². The van der Waals surface area contributed by atoms with E-state index < -0.39 is 0 Å². The summed E-state index contributed by atoms with van der Waals surface area (Å²) in [7, 11) is 0. The van der Waals surface area contributed by atoms with Gasteiger partial charge in [0, 0.05) is 12.4 Å². The van der Waals surface area contributed by atoms with Crippen LogP contribution < -0.4 is 5.32 Å². The number of nitrogens with one attached hydrogen (secondary N) is 1. The fourth-order valence-electron chi connectivity index (χ4n) is 2.31. The third kappa shape index (κ3) is 4.11. The van der Waals surface area contributed by atoms with Crippen molar-refractivity contribution in [1.29, 1.82) is 0 Å². The van der Waals surface area contributed by atoms with E-state index in [1.165, 1.54) is 5.56 Å². The number of aryl methyl sites for hydroxylation is 2. The Morgan fingerprint density at radius 1 is 1.12 bits per heavy atom. The fourth-order valence-corrected chi connectivity index (χ4v) is 2.73. The van der Waals surface area contributed by atoms with Crippen LogP contribution in [0.25, 0.3) is 0 Å². The van der Waals surface area contributed by atoms with Gasteiger partial charge in [0.15, 0.2) is 5.82 Å². The maximum Gasteiger partial charge on any atom is 0.247 e. The van der Waals surface area contributed by atoms with E-state index in [-0.39, 0.29) is 12.5 Å². The average molecular weight is 388 g/mol. The number of carbonyl (C=O) groups is 1. The van der Waals surface area contributed by atoms with Crippen molar-refractivity contribution in [2.24, 2.45) is 0 Å². The van der Waals surface area contributed by atoms with Gasteiger partial charge in [0.25, 0.3) is 0 Å². The summed E-state index contributed by atoms with van der Waals surface area (Å²) in [6.45, 7) is 4.75. The molecule has 2 aromatic heterocycles. The summed E-state index contributed by atoms with van der Waals surface area (Å²) in [6, 6.07) is 10.2. The molecule has 0 atom stereocenters. The highest BCUT2D eigenvalue weighted by Crippen LogP contribution is 2.21. The zero-order valence-corrected chi connectivity index (χ0v) is 15.1. The van der Waals surface area contributed by atoms with E-state index in [9.17, 15) is 4.79 Å². The topological polar surface area (TPSA) is 64.7 Å². The molecule has 124 valence electrons. The molecule has 1 N–H and O–H groups in total. The third-order valence-electron chi connectivity index (χ3n) is 3.52. The smallest absolute Gasteiger partial charge is 0.247 e. The van der Waals surface area contributed by atoms with E-state index >= 15 is 0 Å². The molecular weight excluding hydrogens is 370 g/mol. The normalized spacial score (nSPS) is 10.8. The van der Waals surface area contributed by atoms with Crippen LogP contribution in [0.4, 0.5) is 5.82 Å². The first-order chi connectivity index (χ1) is 11.5. The van der Waals surface area contributed by atoms with Gasteiger partial charge >= 0.3 is 0 Å². The van der Waals surface area contributed by atoms with Crippen molar-refractivity contribution >= 4 is 27.7 Å². The minimum absolute atomic E-state index is 0.158. The Balaban J connectivity index is 1.65. The highest BCUT2D eigenvalue weighted by Gasteiger charge is 2.11. The second-order valence-corrected chi connectivity index (χ2v) is 6.57. The van der Waals surface area contributed by atoms with Crippen LogP contribution in [0.2, 0.25) is 0 Å². The molecule has 24 heavy (non-hydrogen) atoms. The molecule has 1 aromatic carbocycles. The van der Waals surface area contributed by atoms with Crippen LogP contribution in [0.5, 0.6) is 0 Å². The number of carbonyl (C=O) groups excluding carboxylic acids is 1. The van der Waals surface area contributed by atoms with Crippen molar-refractivity contribution in [3.05, 3.63) is 64.0 Å². The van der Waals surface area contributed by atoms with Gasteiger partial charge in [-0.1, -0.05) is 29.8 Å². The second kappa shape index (κ2) is 7.00. The Kier molecular flexibility index (Phi) is 4.80. The van der Waals surface area contributed by atoms with E-state index in [2.05, 4.69) is 62.6 Å². The van der Waals surface area contributed by atoms with Gasteiger partial charge in [0.2, 0.25) is 5.91 Å². The van der Waals surface area contributed by atoms with Gasteiger partial charge in [0.1, 0.15) is 6.54 Å². The lowest BCUT2D eigenvalue weighted by atomic mass is 10.1. The number of anilines is 1. The Morgan fingerprint density at radius 2 is 1.88 bits per heavy atom. The Morgan fingerprint density at radius 3 is 2.54 bits per heavy atom. The monoisotopic (exact) mass is 387 g/mol. The average Bonchev–Trinajstić information content (AvgIpc) is 3.08. The van der Waals surface area contributed by atoms with E-state index in [0.29, 0.717) is 12.4 Å². The number of nitrogens with zero attached hydrogens (tertiary/aromatic N) is 4. The van der Waals surface area contributed by atoms with Gasteiger partial charge in [-0.25, -0.2) is 0 Å². The van der Waals surface area contributed by atoms with Crippen molar-refractivity contribution < 1.29 is 4.79 Å². The number of amides is 1. The largest absolute Gasteiger partial charge is 0.307 e. The molecule has 0 spiro atoms. The van der Waals surface area contributed by atoms with Gasteiger partial charge in [-0.2, -0.15) is 10.2 Å². The molecule has 0 saturated carbocycles. The summed E-state index contributed by atoms with van der Waals surface area (Å²) >= 11 is 3.44. The van der Waals surface area contributed by atoms with Crippen LogP contribution in [-0.2, 0) is 17.9 Å². The standard InChI is InChI=1S/C17H18BrN5O/c1-12-3-5-14(6-4-12)9-23-10-15(18)17(21-23)19-16(24)11-22-8-7-13(2)20-22/h3-8,10H,9,11H2,1-2H3,(H,19,21,24). The van der Waals surface area contributed by atoms with E-state index in [1.807, 2.05) is 19.2 Å². The molecular formula is C17H18BrN5O. The maximum absolute atomic E-state index is 12.1. The molecule has 1 amide bonds. The minimum Gasteiger partial charge on any atom is -0.307 e. The summed E-state index contributed by atoms with van der Waals surface area (Å²) in [5.41, 5.74) is 3.26. The van der Waals surface area contributed by atoms with E-state index in [1.54, 1.807) is 15.6 Å². The Hall–Kier alpha value is -2.41. The van der Waals surface area contributed by atoms with Crippen LogP contribution >= 0.6 is 15.9 Å². The number of hydrogen-bond donors (Lipinski definition) is 1. The van der Waals surface area contributed by atoms with Crippen LogP contribution in [0.15, 0.2) is 47.2 Å². The zero-order valence-electron chi connectivity index (χ0n) is 13.5. The maximum atomic E-state index is 12.1. The van der Waals surface area contributed by atoms with Gasteiger partial charge in [0.05, 0.1) is 16.7 Å². The Bertz CT molecular complexity index is 850. The molecule has 2 heterocycles. The van der Waals surface area contributed by atoms with Gasteiger partial charge in [-0.3, -0.25) is 14.2 Å². The zero-order chi connectivity index (χ0) is 17.1. The Labute approximate surface area is 148 Å². The first-order valence-electron chi connectivity index (χ1n) is 7.58. The van der Waals surface area contributed by atoms with Crippen molar-refractivity contribution in [2.75, 3.05) is 5.32 Å². The van der Waals surface area contributed by atoms with Crippen molar-refractivity contribution in [3.8, 4) is 0 Å². The highest BCUT2D eigenvalue weighted by atomic mass is 79.9. The SMILES string of the molecule is Cc1ccc(Cn2cc(Br)c(NC(=O)Cn3ccc(C)n3)n2)cc1. The van der Waals surface area contributed by atoms with Crippen molar-refractivity contribution in [2.45, 2.75) is 26.9 Å². The fraction of sp³-hybridized carbons (Fsp3) is 0.235. The number of halogens is 1. The minimum atomic E-state index is -0.167. The predicted molar refractivity (Wildman–Crippen MR) is 95.8 cm³/mol. The molecule has 0 aliphatic heterocycles. The van der Waals surface area contributed by atoms with Gasteiger partial charge in [-0.05, 0) is 41.4 Å². The first kappa shape index (κ1) is 16.4. The third-order valence-corrected chi connectivity index (χ3v) is 4.10. The summed E-state index contributed by atoms with van der Waals surface area (Å²) < 4.78 is 4.14. The molecule has 0 aliphatic carbocycles. The lowest BCUT2D eigenvalue weighted by Gasteiger charge is -2.04. The molecule has 6 nitrogen and oxygen atoms in total. The molecule has 3 rings (SSSR count). The summed E-state index contributed by atoms with van der Waals surface area (Å²) in [6.07, 6.45) is 3.63. The number of rotatable bonds is 5. The lowest BCUT2D eigenvalue weighted by molar-refractivity contribution is -0.116. The highest BCUT2D eigenvalue weighted by molar-refractivity contribution is 9.10. The molecule has 0 aliphatic rings. The molecule has 0 fully saturated rings. The van der Waals surface area contributed by atoms with Crippen molar-refractivity contribution in [3.63, 3.8) is 0 Å². The molecule has 0 radical (unpaired) electrons. The number of aromatic nitrogens is 4. The summed E-state index contributed by atoms with van der Waals surface area (Å²) in [5, 5.41) is 11.4.